The van der Waals surface area contributed by atoms with Gasteiger partial charge in [0.15, 0.2) is 0 Å². The number of carbonyl (C=O) groups is 1. The predicted octanol–water partition coefficient (Wildman–Crippen LogP) is 0.906. The van der Waals surface area contributed by atoms with E-state index in [2.05, 4.69) is 15.4 Å². The first-order valence-electron chi connectivity index (χ1n) is 6.15. The van der Waals surface area contributed by atoms with E-state index in [1.807, 2.05) is 30.3 Å². The van der Waals surface area contributed by atoms with Crippen molar-refractivity contribution >= 4 is 18.3 Å². The van der Waals surface area contributed by atoms with Gasteiger partial charge < -0.3 is 11.1 Å². The van der Waals surface area contributed by atoms with Crippen LogP contribution >= 0.6 is 12.4 Å². The third-order valence-electron chi connectivity index (χ3n) is 2.78. The lowest BCUT2D eigenvalue weighted by atomic mass is 10.1. The Labute approximate surface area is 123 Å². The molecule has 1 heterocycles. The third-order valence-corrected chi connectivity index (χ3v) is 2.78. The van der Waals surface area contributed by atoms with Gasteiger partial charge in [0.1, 0.15) is 12.7 Å². The highest BCUT2D eigenvalue weighted by atomic mass is 35.5. The molecule has 0 radical (unpaired) electrons. The van der Waals surface area contributed by atoms with E-state index in [-0.39, 0.29) is 24.4 Å². The van der Waals surface area contributed by atoms with Gasteiger partial charge in [-0.1, -0.05) is 30.3 Å². The second kappa shape index (κ2) is 8.29. The molecule has 1 aromatic heterocycles. The van der Waals surface area contributed by atoms with Gasteiger partial charge in [0.05, 0.1) is 6.54 Å². The van der Waals surface area contributed by atoms with Gasteiger partial charge in [-0.2, -0.15) is 5.10 Å². The predicted molar refractivity (Wildman–Crippen MR) is 78.3 cm³/mol. The number of benzene rings is 1. The summed E-state index contributed by atoms with van der Waals surface area (Å²) in [5.41, 5.74) is 7.00. The molecule has 0 spiro atoms. The zero-order chi connectivity index (χ0) is 13.5. The first-order chi connectivity index (χ1) is 9.25. The average molecular weight is 296 g/mol. The summed E-state index contributed by atoms with van der Waals surface area (Å²) in [6.07, 6.45) is 3.40. The minimum atomic E-state index is -0.184. The minimum absolute atomic E-state index is 0. The van der Waals surface area contributed by atoms with Gasteiger partial charge in [0, 0.05) is 19.0 Å². The molecule has 0 bridgehead atoms. The number of amides is 1. The van der Waals surface area contributed by atoms with Crippen LogP contribution in [0.1, 0.15) is 18.0 Å². The van der Waals surface area contributed by atoms with Gasteiger partial charge in [-0.05, 0) is 5.56 Å². The fourth-order valence-electron chi connectivity index (χ4n) is 1.69. The summed E-state index contributed by atoms with van der Waals surface area (Å²) in [4.78, 5) is 15.5. The highest BCUT2D eigenvalue weighted by Gasteiger charge is 2.07. The molecule has 0 saturated heterocycles. The monoisotopic (exact) mass is 295 g/mol. The molecule has 3 N–H and O–H groups in total. The number of hydrogen-bond donors (Lipinski definition) is 2. The van der Waals surface area contributed by atoms with Crippen molar-refractivity contribution in [2.75, 3.05) is 6.54 Å². The molecule has 1 atom stereocenters. The number of halogens is 1. The molecular formula is C13H18ClN5O. The Balaban J connectivity index is 0.00000200. The van der Waals surface area contributed by atoms with E-state index in [9.17, 15) is 4.79 Å². The zero-order valence-electron chi connectivity index (χ0n) is 11.0. The average Bonchev–Trinajstić information content (AvgIpc) is 2.96. The normalized spacial score (nSPS) is 11.4. The van der Waals surface area contributed by atoms with E-state index in [4.69, 9.17) is 5.73 Å². The molecule has 0 saturated carbocycles. The lowest BCUT2D eigenvalue weighted by Crippen LogP contribution is -2.32. The molecule has 20 heavy (non-hydrogen) atoms. The molecule has 2 aromatic rings. The largest absolute Gasteiger partial charge is 0.354 e. The van der Waals surface area contributed by atoms with Crippen molar-refractivity contribution in [1.82, 2.24) is 20.1 Å². The summed E-state index contributed by atoms with van der Waals surface area (Å²) < 4.78 is 1.62. The molecule has 1 unspecified atom stereocenters. The van der Waals surface area contributed by atoms with Crippen LogP contribution in [0.5, 0.6) is 0 Å². The first kappa shape index (κ1) is 16.1. The summed E-state index contributed by atoms with van der Waals surface area (Å²) in [7, 11) is 0. The van der Waals surface area contributed by atoms with Crippen LogP contribution in [0.2, 0.25) is 0 Å². The number of aryl methyl sites for hydroxylation is 1. The summed E-state index contributed by atoms with van der Waals surface area (Å²) in [5.74, 6) is -0.0399. The molecule has 0 aliphatic rings. The van der Waals surface area contributed by atoms with Crippen LogP contribution in [-0.2, 0) is 11.3 Å². The number of rotatable bonds is 6. The van der Waals surface area contributed by atoms with Crippen molar-refractivity contribution in [3.63, 3.8) is 0 Å². The van der Waals surface area contributed by atoms with E-state index in [0.29, 0.717) is 19.5 Å². The van der Waals surface area contributed by atoms with E-state index in [1.165, 1.54) is 6.33 Å². The summed E-state index contributed by atoms with van der Waals surface area (Å²) in [6.45, 7) is 0.951. The van der Waals surface area contributed by atoms with E-state index >= 15 is 0 Å². The maximum absolute atomic E-state index is 11.6. The molecule has 1 aromatic carbocycles. The van der Waals surface area contributed by atoms with Gasteiger partial charge >= 0.3 is 0 Å². The Morgan fingerprint density at radius 3 is 2.75 bits per heavy atom. The fourth-order valence-corrected chi connectivity index (χ4v) is 1.69. The fraction of sp³-hybridized carbons (Fsp3) is 0.308. The van der Waals surface area contributed by atoms with Gasteiger partial charge in [-0.3, -0.25) is 9.48 Å². The van der Waals surface area contributed by atoms with Crippen LogP contribution in [0, 0.1) is 0 Å². The van der Waals surface area contributed by atoms with Crippen molar-refractivity contribution in [3.05, 3.63) is 48.5 Å². The number of nitrogens with one attached hydrogen (secondary N) is 1. The van der Waals surface area contributed by atoms with Gasteiger partial charge in [-0.25, -0.2) is 4.98 Å². The van der Waals surface area contributed by atoms with Crippen LogP contribution in [0.4, 0.5) is 0 Å². The van der Waals surface area contributed by atoms with Crippen molar-refractivity contribution < 1.29 is 4.79 Å². The third kappa shape index (κ3) is 4.99. The number of aromatic nitrogens is 3. The molecule has 6 nitrogen and oxygen atoms in total. The Bertz CT molecular complexity index is 503. The maximum atomic E-state index is 11.6. The Hall–Kier alpha value is -1.92. The van der Waals surface area contributed by atoms with E-state index in [0.717, 1.165) is 5.56 Å². The van der Waals surface area contributed by atoms with Crippen LogP contribution < -0.4 is 11.1 Å². The lowest BCUT2D eigenvalue weighted by molar-refractivity contribution is -0.121. The SMILES string of the molecule is Cl.NC(CNC(=O)CCn1cncn1)c1ccccc1. The van der Waals surface area contributed by atoms with E-state index in [1.54, 1.807) is 11.0 Å². The molecule has 2 rings (SSSR count). The van der Waals surface area contributed by atoms with Gasteiger partial charge in [-0.15, -0.1) is 12.4 Å². The molecule has 0 aliphatic carbocycles. The molecule has 108 valence electrons. The second-order valence-corrected chi connectivity index (χ2v) is 4.23. The molecular weight excluding hydrogens is 278 g/mol. The Morgan fingerprint density at radius 2 is 2.10 bits per heavy atom. The quantitative estimate of drug-likeness (QED) is 0.829. The molecule has 0 fully saturated rings. The van der Waals surface area contributed by atoms with Crippen LogP contribution in [-0.4, -0.2) is 27.2 Å². The topological polar surface area (TPSA) is 85.8 Å². The number of nitrogens with two attached hydrogens (primary N) is 1. The number of nitrogens with zero attached hydrogens (tertiary/aromatic N) is 3. The highest BCUT2D eigenvalue weighted by molar-refractivity contribution is 5.85. The summed E-state index contributed by atoms with van der Waals surface area (Å²) in [6, 6.07) is 9.52. The zero-order valence-corrected chi connectivity index (χ0v) is 11.8. The molecule has 0 aliphatic heterocycles. The molecule has 7 heteroatoms. The highest BCUT2D eigenvalue weighted by Crippen LogP contribution is 2.07. The van der Waals surface area contributed by atoms with Crippen molar-refractivity contribution in [2.24, 2.45) is 5.73 Å². The van der Waals surface area contributed by atoms with Crippen LogP contribution in [0.3, 0.4) is 0 Å². The number of hydrogen-bond acceptors (Lipinski definition) is 4. The lowest BCUT2D eigenvalue weighted by Gasteiger charge is -2.13. The van der Waals surface area contributed by atoms with Crippen LogP contribution in [0.25, 0.3) is 0 Å². The summed E-state index contributed by atoms with van der Waals surface area (Å²) >= 11 is 0. The number of carbonyl (C=O) groups excluding carboxylic acids is 1. The second-order valence-electron chi connectivity index (χ2n) is 4.23. The smallest absolute Gasteiger partial charge is 0.221 e. The molecule has 1 amide bonds. The van der Waals surface area contributed by atoms with Crippen LogP contribution in [0.15, 0.2) is 43.0 Å². The van der Waals surface area contributed by atoms with Gasteiger partial charge in [0.2, 0.25) is 5.91 Å². The van der Waals surface area contributed by atoms with Crippen molar-refractivity contribution in [2.45, 2.75) is 19.0 Å². The van der Waals surface area contributed by atoms with Crippen molar-refractivity contribution in [3.8, 4) is 0 Å². The standard InChI is InChI=1S/C13H17N5O.ClH/c14-12(11-4-2-1-3-5-11)8-16-13(19)6-7-18-10-15-9-17-18;/h1-5,9-10,12H,6-8,14H2,(H,16,19);1H. The Kier molecular flexibility index (Phi) is 6.69. The van der Waals surface area contributed by atoms with Gasteiger partial charge in [0.25, 0.3) is 0 Å². The Morgan fingerprint density at radius 1 is 1.35 bits per heavy atom. The summed E-state index contributed by atoms with van der Waals surface area (Å²) in [5, 5.41) is 6.75. The maximum Gasteiger partial charge on any atom is 0.221 e. The first-order valence-corrected chi connectivity index (χ1v) is 6.15. The minimum Gasteiger partial charge on any atom is -0.354 e. The van der Waals surface area contributed by atoms with Crippen molar-refractivity contribution in [1.29, 1.82) is 0 Å². The van der Waals surface area contributed by atoms with E-state index < -0.39 is 0 Å².